The summed E-state index contributed by atoms with van der Waals surface area (Å²) in [5.74, 6) is 0.841. The van der Waals surface area contributed by atoms with Gasteiger partial charge in [0.25, 0.3) is 0 Å². The summed E-state index contributed by atoms with van der Waals surface area (Å²) in [7, 11) is -1.69. The molecule has 166 valence electrons. The summed E-state index contributed by atoms with van der Waals surface area (Å²) in [6, 6.07) is 13.4. The van der Waals surface area contributed by atoms with Gasteiger partial charge in [-0.25, -0.2) is 18.4 Å². The molecule has 0 saturated carbocycles. The maximum Gasteiger partial charge on any atom is 0.227 e. The number of hydrogen-bond donors (Lipinski definition) is 1. The lowest BCUT2D eigenvalue weighted by Gasteiger charge is -2.28. The quantitative estimate of drug-likeness (QED) is 0.606. The van der Waals surface area contributed by atoms with Crippen LogP contribution in [0.5, 0.6) is 5.75 Å². The number of fused-ring (bicyclic) bond motifs is 1. The number of benzene rings is 2. The van der Waals surface area contributed by atoms with Crippen molar-refractivity contribution in [3.8, 4) is 17.0 Å². The predicted octanol–water partition coefficient (Wildman–Crippen LogP) is 4.15. The average Bonchev–Trinajstić information content (AvgIpc) is 2.73. The van der Waals surface area contributed by atoms with E-state index >= 15 is 0 Å². The van der Waals surface area contributed by atoms with Crippen LogP contribution in [0.25, 0.3) is 11.3 Å². The molecule has 32 heavy (non-hydrogen) atoms. The molecule has 1 aliphatic rings. The zero-order chi connectivity index (χ0) is 22.9. The van der Waals surface area contributed by atoms with E-state index in [1.165, 1.54) is 18.9 Å². The molecule has 0 spiro atoms. The van der Waals surface area contributed by atoms with Gasteiger partial charge in [-0.15, -0.1) is 0 Å². The van der Waals surface area contributed by atoms with Crippen LogP contribution in [0, 0.1) is 0 Å². The number of ether oxygens (including phenoxy) is 1. The second-order valence-electron chi connectivity index (χ2n) is 8.64. The third-order valence-corrected chi connectivity index (χ3v) is 6.24. The molecule has 0 fully saturated rings. The van der Waals surface area contributed by atoms with Crippen LogP contribution in [-0.2, 0) is 21.0 Å². The summed E-state index contributed by atoms with van der Waals surface area (Å²) in [4.78, 5) is 13.5. The molecule has 2 aromatic carbocycles. The van der Waals surface area contributed by atoms with Gasteiger partial charge in [-0.05, 0) is 41.5 Å². The van der Waals surface area contributed by atoms with Gasteiger partial charge in [0.15, 0.2) is 9.84 Å². The van der Waals surface area contributed by atoms with Crippen molar-refractivity contribution in [1.82, 2.24) is 9.97 Å². The maximum absolute atomic E-state index is 11.8. The van der Waals surface area contributed by atoms with E-state index in [-0.39, 0.29) is 11.2 Å². The number of anilines is 2. The smallest absolute Gasteiger partial charge is 0.227 e. The fourth-order valence-electron chi connectivity index (χ4n) is 3.83. The standard InChI is InChI=1S/C24H26N4O3S/c1-24(2)15-25-13-17-6-5-16(12-20(17)24)21-9-10-26-23(28-21)27-19-7-8-22(31-3)18(11-19)14-32(4,29)30/h5-13H,14-15H2,1-4H3,(H,26,27,28). The Morgan fingerprint density at radius 2 is 1.94 bits per heavy atom. The molecule has 0 atom stereocenters. The Kier molecular flexibility index (Phi) is 5.73. The fraction of sp³-hybridized carbons (Fsp3) is 0.292. The summed E-state index contributed by atoms with van der Waals surface area (Å²) in [5, 5.41) is 3.18. The van der Waals surface area contributed by atoms with Crippen LogP contribution in [0.1, 0.15) is 30.5 Å². The van der Waals surface area contributed by atoms with Gasteiger partial charge in [0, 0.05) is 47.4 Å². The largest absolute Gasteiger partial charge is 0.496 e. The van der Waals surface area contributed by atoms with Gasteiger partial charge in [-0.2, -0.15) is 0 Å². The third kappa shape index (κ3) is 4.80. The maximum atomic E-state index is 11.8. The van der Waals surface area contributed by atoms with Gasteiger partial charge >= 0.3 is 0 Å². The molecule has 0 radical (unpaired) electrons. The number of aromatic nitrogens is 2. The minimum absolute atomic E-state index is 0.0344. The first-order chi connectivity index (χ1) is 15.1. The first-order valence-electron chi connectivity index (χ1n) is 10.2. The minimum atomic E-state index is -3.21. The number of nitrogens with one attached hydrogen (secondary N) is 1. The molecule has 3 aromatic rings. The minimum Gasteiger partial charge on any atom is -0.496 e. The second kappa shape index (κ2) is 8.35. The van der Waals surface area contributed by atoms with Crippen molar-refractivity contribution in [3.63, 3.8) is 0 Å². The Balaban J connectivity index is 1.64. The van der Waals surface area contributed by atoms with Crippen LogP contribution in [0.4, 0.5) is 11.6 Å². The Labute approximate surface area is 188 Å². The molecule has 7 nitrogen and oxygen atoms in total. The van der Waals surface area contributed by atoms with E-state index in [0.717, 1.165) is 23.4 Å². The van der Waals surface area contributed by atoms with Gasteiger partial charge in [0.2, 0.25) is 5.95 Å². The Morgan fingerprint density at radius 1 is 1.12 bits per heavy atom. The normalized spacial score (nSPS) is 14.6. The van der Waals surface area contributed by atoms with E-state index in [0.29, 0.717) is 22.9 Å². The molecular weight excluding hydrogens is 424 g/mol. The van der Waals surface area contributed by atoms with E-state index in [1.807, 2.05) is 18.3 Å². The Bertz CT molecular complexity index is 1300. The van der Waals surface area contributed by atoms with Crippen molar-refractivity contribution >= 4 is 27.7 Å². The van der Waals surface area contributed by atoms with Crippen molar-refractivity contribution in [2.45, 2.75) is 25.0 Å². The van der Waals surface area contributed by atoms with Crippen LogP contribution in [-0.4, -0.2) is 44.5 Å². The topological polar surface area (TPSA) is 93.5 Å². The summed E-state index contributed by atoms with van der Waals surface area (Å²) >= 11 is 0. The fourth-order valence-corrected chi connectivity index (χ4v) is 4.62. The first kappa shape index (κ1) is 22.0. The van der Waals surface area contributed by atoms with Gasteiger partial charge in [0.05, 0.1) is 18.6 Å². The monoisotopic (exact) mass is 450 g/mol. The summed E-state index contributed by atoms with van der Waals surface area (Å²) < 4.78 is 28.9. The molecular formula is C24H26N4O3S. The lowest BCUT2D eigenvalue weighted by Crippen LogP contribution is -2.26. The average molecular weight is 451 g/mol. The first-order valence-corrected chi connectivity index (χ1v) is 12.3. The summed E-state index contributed by atoms with van der Waals surface area (Å²) in [5.41, 5.74) is 5.42. The molecule has 2 heterocycles. The Morgan fingerprint density at radius 3 is 2.69 bits per heavy atom. The van der Waals surface area contributed by atoms with E-state index in [1.54, 1.807) is 24.4 Å². The molecule has 0 bridgehead atoms. The van der Waals surface area contributed by atoms with Crippen molar-refractivity contribution in [2.24, 2.45) is 4.99 Å². The number of nitrogens with zero attached hydrogens (tertiary/aromatic N) is 3. The molecule has 8 heteroatoms. The number of rotatable bonds is 6. The molecule has 0 amide bonds. The van der Waals surface area contributed by atoms with Crippen LogP contribution in [0.15, 0.2) is 53.7 Å². The molecule has 0 unspecified atom stereocenters. The van der Waals surface area contributed by atoms with Crippen molar-refractivity contribution in [2.75, 3.05) is 25.2 Å². The van der Waals surface area contributed by atoms with E-state index < -0.39 is 9.84 Å². The van der Waals surface area contributed by atoms with Crippen molar-refractivity contribution in [1.29, 1.82) is 0 Å². The Hall–Kier alpha value is -3.26. The SMILES string of the molecule is COc1ccc(Nc2nccc(-c3ccc4c(c3)C(C)(C)CN=C4)n2)cc1CS(C)(=O)=O. The van der Waals surface area contributed by atoms with E-state index in [4.69, 9.17) is 4.74 Å². The van der Waals surface area contributed by atoms with Crippen molar-refractivity contribution < 1.29 is 13.2 Å². The van der Waals surface area contributed by atoms with Gasteiger partial charge in [-0.1, -0.05) is 26.0 Å². The van der Waals surface area contributed by atoms with E-state index in [2.05, 4.69) is 46.3 Å². The molecule has 0 aliphatic carbocycles. The number of hydrogen-bond acceptors (Lipinski definition) is 7. The number of methoxy groups -OCH3 is 1. The highest BCUT2D eigenvalue weighted by Gasteiger charge is 2.26. The molecule has 1 aliphatic heterocycles. The summed E-state index contributed by atoms with van der Waals surface area (Å²) in [6.45, 7) is 5.14. The van der Waals surface area contributed by atoms with Crippen LogP contribution < -0.4 is 10.1 Å². The molecule has 0 saturated heterocycles. The summed E-state index contributed by atoms with van der Waals surface area (Å²) in [6.07, 6.45) is 4.83. The number of aliphatic imine (C=N–C) groups is 1. The van der Waals surface area contributed by atoms with Crippen LogP contribution >= 0.6 is 0 Å². The number of sulfone groups is 1. The third-order valence-electron chi connectivity index (χ3n) is 5.40. The highest BCUT2D eigenvalue weighted by Crippen LogP contribution is 2.33. The highest BCUT2D eigenvalue weighted by molar-refractivity contribution is 7.89. The van der Waals surface area contributed by atoms with Gasteiger partial charge in [0.1, 0.15) is 5.75 Å². The lowest BCUT2D eigenvalue weighted by atomic mass is 9.79. The van der Waals surface area contributed by atoms with E-state index in [9.17, 15) is 8.42 Å². The zero-order valence-corrected chi connectivity index (χ0v) is 19.4. The van der Waals surface area contributed by atoms with Gasteiger partial charge in [-0.3, -0.25) is 4.99 Å². The van der Waals surface area contributed by atoms with Gasteiger partial charge < -0.3 is 10.1 Å². The molecule has 1 aromatic heterocycles. The molecule has 4 rings (SSSR count). The molecule has 1 N–H and O–H groups in total. The highest BCUT2D eigenvalue weighted by atomic mass is 32.2. The second-order valence-corrected chi connectivity index (χ2v) is 10.8. The predicted molar refractivity (Wildman–Crippen MR) is 128 cm³/mol. The van der Waals surface area contributed by atoms with Crippen LogP contribution in [0.2, 0.25) is 0 Å². The zero-order valence-electron chi connectivity index (χ0n) is 18.6. The van der Waals surface area contributed by atoms with Crippen LogP contribution in [0.3, 0.4) is 0 Å². The van der Waals surface area contributed by atoms with Crippen molar-refractivity contribution in [3.05, 3.63) is 65.4 Å². The lowest BCUT2D eigenvalue weighted by molar-refractivity contribution is 0.411.